The number of unbranched alkanes of at least 4 members (excludes halogenated alkanes) is 5. The molecule has 4 heteroatoms. The first-order chi connectivity index (χ1) is 14.6. The molecule has 0 saturated heterocycles. The smallest absolute Gasteiger partial charge is 0.119 e. The maximum absolute atomic E-state index is 5.91. The summed E-state index contributed by atoms with van der Waals surface area (Å²) in [7, 11) is 4.69. The Bertz CT molecular complexity index is 663. The number of ether oxygens (including phenoxy) is 2. The molecule has 0 spiro atoms. The molecule has 2 aromatic carbocycles. The third-order valence-electron chi connectivity index (χ3n) is 5.91. The quantitative estimate of drug-likeness (QED) is 0.289. The fourth-order valence-electron chi connectivity index (χ4n) is 4.01. The molecule has 0 saturated carbocycles. The molecule has 0 aliphatic carbocycles. The van der Waals surface area contributed by atoms with E-state index < -0.39 is 0 Å². The maximum Gasteiger partial charge on any atom is 0.119 e. The Labute approximate surface area is 196 Å². The van der Waals surface area contributed by atoms with Crippen molar-refractivity contribution in [2.24, 2.45) is 0 Å². The lowest BCUT2D eigenvalue weighted by atomic mass is 9.97. The SMILES string of the molecule is CCCCCCCCC(c1ccccc1)[N+](C)(C)CCOCCOc1ccccc1.[Cl-]. The predicted octanol–water partition coefficient (Wildman–Crippen LogP) is 3.65. The molecule has 0 aromatic heterocycles. The Kier molecular flexibility index (Phi) is 14.3. The van der Waals surface area contributed by atoms with Crippen LogP contribution in [0.4, 0.5) is 0 Å². The van der Waals surface area contributed by atoms with Gasteiger partial charge in [-0.2, -0.15) is 0 Å². The van der Waals surface area contributed by atoms with Crippen molar-refractivity contribution in [3.63, 3.8) is 0 Å². The molecule has 0 heterocycles. The average molecular weight is 448 g/mol. The fraction of sp³-hybridized carbons (Fsp3) is 0.556. The first-order valence-electron chi connectivity index (χ1n) is 11.8. The molecule has 1 unspecified atom stereocenters. The Morgan fingerprint density at radius 2 is 1.35 bits per heavy atom. The third-order valence-corrected chi connectivity index (χ3v) is 5.91. The number of rotatable bonds is 16. The van der Waals surface area contributed by atoms with Crippen molar-refractivity contribution in [3.05, 3.63) is 66.2 Å². The zero-order valence-corrected chi connectivity index (χ0v) is 20.5. The zero-order chi connectivity index (χ0) is 21.5. The number of likely N-dealkylation sites (N-methyl/N-ethyl adjacent to an activating group) is 1. The standard InChI is InChI=1S/C27H42NO2.ClH/c1-4-5-6-7-8-15-20-27(25-16-11-9-12-17-25)28(2,3)21-22-29-23-24-30-26-18-13-10-14-19-26;/h9-14,16-19,27H,4-8,15,20-24H2,1-3H3;1H/q+1;/p-1. The fourth-order valence-corrected chi connectivity index (χ4v) is 4.01. The molecule has 0 N–H and O–H groups in total. The van der Waals surface area contributed by atoms with Crippen LogP contribution in [0.5, 0.6) is 5.75 Å². The van der Waals surface area contributed by atoms with Crippen molar-refractivity contribution in [2.45, 2.75) is 57.9 Å². The van der Waals surface area contributed by atoms with Crippen LogP contribution >= 0.6 is 0 Å². The van der Waals surface area contributed by atoms with Crippen LogP contribution in [0, 0.1) is 0 Å². The summed E-state index contributed by atoms with van der Waals surface area (Å²) < 4.78 is 12.6. The maximum atomic E-state index is 5.91. The lowest BCUT2D eigenvalue weighted by molar-refractivity contribution is -0.922. The Balaban J connectivity index is 0.00000480. The normalized spacial score (nSPS) is 12.2. The van der Waals surface area contributed by atoms with Gasteiger partial charge >= 0.3 is 0 Å². The molecule has 1 atom stereocenters. The lowest BCUT2D eigenvalue weighted by Gasteiger charge is -2.38. The summed E-state index contributed by atoms with van der Waals surface area (Å²) in [4.78, 5) is 0. The summed E-state index contributed by atoms with van der Waals surface area (Å²) in [5, 5.41) is 0. The summed E-state index contributed by atoms with van der Waals surface area (Å²) >= 11 is 0. The highest BCUT2D eigenvalue weighted by Gasteiger charge is 2.29. The van der Waals surface area contributed by atoms with Crippen LogP contribution in [0.2, 0.25) is 0 Å². The minimum Gasteiger partial charge on any atom is -1.00 e. The number of benzene rings is 2. The van der Waals surface area contributed by atoms with Gasteiger partial charge in [0.05, 0.1) is 27.3 Å². The van der Waals surface area contributed by atoms with Gasteiger partial charge in [0.1, 0.15) is 24.9 Å². The monoisotopic (exact) mass is 447 g/mol. The van der Waals surface area contributed by atoms with Gasteiger partial charge in [-0.05, 0) is 18.6 Å². The second-order valence-corrected chi connectivity index (χ2v) is 8.76. The summed E-state index contributed by atoms with van der Waals surface area (Å²) in [5.41, 5.74) is 1.45. The van der Waals surface area contributed by atoms with E-state index in [1.54, 1.807) is 0 Å². The topological polar surface area (TPSA) is 18.5 Å². The molecule has 174 valence electrons. The van der Waals surface area contributed by atoms with Crippen LogP contribution in [-0.2, 0) is 4.74 Å². The van der Waals surface area contributed by atoms with Crippen molar-refractivity contribution in [1.82, 2.24) is 0 Å². The number of halogens is 1. The van der Waals surface area contributed by atoms with E-state index >= 15 is 0 Å². The van der Waals surface area contributed by atoms with Gasteiger partial charge in [-0.3, -0.25) is 0 Å². The summed E-state index contributed by atoms with van der Waals surface area (Å²) in [6.07, 6.45) is 9.31. The Morgan fingerprint density at radius 1 is 0.742 bits per heavy atom. The van der Waals surface area contributed by atoms with Crippen LogP contribution in [0.3, 0.4) is 0 Å². The van der Waals surface area contributed by atoms with Gasteiger partial charge in [-0.15, -0.1) is 0 Å². The first kappa shape index (κ1) is 27.5. The van der Waals surface area contributed by atoms with Gasteiger partial charge < -0.3 is 26.4 Å². The second-order valence-electron chi connectivity index (χ2n) is 8.76. The largest absolute Gasteiger partial charge is 1.00 e. The van der Waals surface area contributed by atoms with Crippen molar-refractivity contribution in [3.8, 4) is 5.75 Å². The first-order valence-corrected chi connectivity index (χ1v) is 11.8. The number of hydrogen-bond donors (Lipinski definition) is 0. The molecule has 0 radical (unpaired) electrons. The van der Waals surface area contributed by atoms with Crippen LogP contribution in [0.15, 0.2) is 60.7 Å². The summed E-state index contributed by atoms with van der Waals surface area (Å²) in [6.45, 7) is 5.26. The van der Waals surface area contributed by atoms with Gasteiger partial charge in [0.2, 0.25) is 0 Å². The number of hydrogen-bond acceptors (Lipinski definition) is 2. The van der Waals surface area contributed by atoms with E-state index in [1.165, 1.54) is 50.5 Å². The minimum absolute atomic E-state index is 0. The molecule has 2 rings (SSSR count). The number of nitrogens with zero attached hydrogens (tertiary/aromatic N) is 1. The van der Waals surface area contributed by atoms with Crippen molar-refractivity contribution < 1.29 is 26.4 Å². The molecule has 2 aromatic rings. The minimum atomic E-state index is 0. The molecule has 31 heavy (non-hydrogen) atoms. The summed E-state index contributed by atoms with van der Waals surface area (Å²) in [5.74, 6) is 0.903. The molecule has 0 bridgehead atoms. The zero-order valence-electron chi connectivity index (χ0n) is 19.8. The molecule has 0 aliphatic heterocycles. The molecule has 0 amide bonds. The van der Waals surface area contributed by atoms with E-state index in [4.69, 9.17) is 9.47 Å². The molecule has 0 aliphatic rings. The lowest BCUT2D eigenvalue weighted by Crippen LogP contribution is -3.00. The number of quaternary nitrogens is 1. The van der Waals surface area contributed by atoms with Crippen molar-refractivity contribution in [2.75, 3.05) is 40.5 Å². The van der Waals surface area contributed by atoms with Crippen LogP contribution in [0.1, 0.15) is 63.5 Å². The Morgan fingerprint density at radius 3 is 2.03 bits per heavy atom. The van der Waals surface area contributed by atoms with E-state index in [-0.39, 0.29) is 12.4 Å². The van der Waals surface area contributed by atoms with Gasteiger partial charge in [0, 0.05) is 12.0 Å². The van der Waals surface area contributed by atoms with Gasteiger partial charge in [0.25, 0.3) is 0 Å². The number of para-hydroxylation sites is 1. The second kappa shape index (κ2) is 16.1. The molecular weight excluding hydrogens is 406 g/mol. The highest BCUT2D eigenvalue weighted by Crippen LogP contribution is 2.30. The molecular formula is C27H42ClNO2. The van der Waals surface area contributed by atoms with Gasteiger partial charge in [-0.1, -0.05) is 87.6 Å². The average Bonchev–Trinajstić information content (AvgIpc) is 2.77. The highest BCUT2D eigenvalue weighted by atomic mass is 35.5. The van der Waals surface area contributed by atoms with E-state index in [0.29, 0.717) is 19.3 Å². The molecule has 0 fully saturated rings. The van der Waals surface area contributed by atoms with Crippen molar-refractivity contribution in [1.29, 1.82) is 0 Å². The van der Waals surface area contributed by atoms with Gasteiger partial charge in [0.15, 0.2) is 0 Å². The van der Waals surface area contributed by atoms with Gasteiger partial charge in [-0.25, -0.2) is 0 Å². The van der Waals surface area contributed by atoms with Crippen LogP contribution in [-0.4, -0.2) is 44.9 Å². The van der Waals surface area contributed by atoms with Crippen LogP contribution in [0.25, 0.3) is 0 Å². The summed E-state index contributed by atoms with van der Waals surface area (Å²) in [6, 6.07) is 21.5. The van der Waals surface area contributed by atoms with Crippen molar-refractivity contribution >= 4 is 0 Å². The Hall–Kier alpha value is -1.55. The third kappa shape index (κ3) is 11.0. The van der Waals surface area contributed by atoms with E-state index in [0.717, 1.165) is 23.4 Å². The van der Waals surface area contributed by atoms with E-state index in [1.807, 2.05) is 30.3 Å². The predicted molar refractivity (Wildman–Crippen MR) is 127 cm³/mol. The van der Waals surface area contributed by atoms with E-state index in [9.17, 15) is 0 Å². The van der Waals surface area contributed by atoms with E-state index in [2.05, 4.69) is 51.4 Å². The van der Waals surface area contributed by atoms with Crippen LogP contribution < -0.4 is 17.1 Å². The molecule has 3 nitrogen and oxygen atoms in total. The highest BCUT2D eigenvalue weighted by molar-refractivity contribution is 5.20.